The number of hydrogen-bond acceptors (Lipinski definition) is 3. The fourth-order valence-corrected chi connectivity index (χ4v) is 4.23. The highest BCUT2D eigenvalue weighted by Gasteiger charge is 2.49. The molecule has 0 aliphatic rings. The molecule has 3 nitrogen and oxygen atoms in total. The van der Waals surface area contributed by atoms with Crippen molar-refractivity contribution in [3.05, 3.63) is 43.2 Å². The van der Waals surface area contributed by atoms with Crippen LogP contribution in [0.2, 0.25) is 0 Å². The summed E-state index contributed by atoms with van der Waals surface area (Å²) in [7, 11) is -5.58. The van der Waals surface area contributed by atoms with Gasteiger partial charge >= 0.3 is 36.8 Å². The van der Waals surface area contributed by atoms with E-state index >= 15 is 0 Å². The molecule has 1 aromatic carbocycles. The van der Waals surface area contributed by atoms with E-state index in [0.29, 0.717) is 6.42 Å². The number of aryl methyl sites for hydroxylation is 1. The number of hydrogen-bond donors (Lipinski definition) is 0. The van der Waals surface area contributed by atoms with E-state index in [9.17, 15) is 21.6 Å². The minimum atomic E-state index is -5.58. The lowest BCUT2D eigenvalue weighted by Crippen LogP contribution is -3.59. The van der Waals surface area contributed by atoms with Crippen molar-refractivity contribution in [3.63, 3.8) is 0 Å². The molecule has 0 atom stereocenters. The van der Waals surface area contributed by atoms with Gasteiger partial charge in [0, 0.05) is 12.0 Å². The van der Waals surface area contributed by atoms with Crippen LogP contribution < -0.4 is 21.2 Å². The fourth-order valence-electron chi connectivity index (χ4n) is 1.34. The fraction of sp³-hybridized carbons (Fsp3) is 0.385. The Morgan fingerprint density at radius 2 is 1.95 bits per heavy atom. The number of alkyl halides is 3. The number of halogens is 4. The standard InChI is InChI=1S/C13H15F3IO3S/c1-3-6-11(20-21(18,19)13(14,15)16)9-17-12-8-5-4-7-10(12)2/h4-5,7-9H,3,6H2,1-2H3/q+1/b11-9+. The molecule has 0 amide bonds. The third kappa shape index (κ3) is 5.50. The first kappa shape index (κ1) is 18.3. The van der Waals surface area contributed by atoms with Crippen LogP contribution in [0.25, 0.3) is 0 Å². The Hall–Kier alpha value is -0.770. The van der Waals surface area contributed by atoms with Crippen LogP contribution in [0.15, 0.2) is 34.1 Å². The van der Waals surface area contributed by atoms with Crippen molar-refractivity contribution in [2.24, 2.45) is 0 Å². The van der Waals surface area contributed by atoms with Crippen LogP contribution in [-0.2, 0) is 14.3 Å². The van der Waals surface area contributed by atoms with Gasteiger partial charge in [0.15, 0.2) is 13.4 Å². The predicted molar refractivity (Wildman–Crippen MR) is 68.9 cm³/mol. The number of rotatable bonds is 6. The van der Waals surface area contributed by atoms with E-state index in [0.717, 1.165) is 9.13 Å². The van der Waals surface area contributed by atoms with Crippen molar-refractivity contribution in [1.82, 2.24) is 0 Å². The molecule has 0 unspecified atom stereocenters. The molecule has 0 aliphatic heterocycles. The first-order chi connectivity index (χ1) is 9.67. The van der Waals surface area contributed by atoms with Crippen molar-refractivity contribution in [1.29, 1.82) is 0 Å². The average Bonchev–Trinajstić information content (AvgIpc) is 2.36. The van der Waals surface area contributed by atoms with E-state index in [4.69, 9.17) is 0 Å². The number of allylic oxidation sites excluding steroid dienone is 1. The molecule has 0 saturated heterocycles. The van der Waals surface area contributed by atoms with E-state index < -0.39 is 36.8 Å². The zero-order valence-corrected chi connectivity index (χ0v) is 14.4. The Bertz CT molecular complexity index is 609. The molecular formula is C13H15F3IO3S+. The highest BCUT2D eigenvalue weighted by atomic mass is 127. The van der Waals surface area contributed by atoms with Gasteiger partial charge in [-0.3, -0.25) is 0 Å². The minimum Gasteiger partial charge on any atom is -0.376 e. The van der Waals surface area contributed by atoms with Crippen LogP contribution in [0.1, 0.15) is 25.3 Å². The van der Waals surface area contributed by atoms with Crippen molar-refractivity contribution in [2.75, 3.05) is 0 Å². The van der Waals surface area contributed by atoms with Gasteiger partial charge in [-0.1, -0.05) is 25.1 Å². The van der Waals surface area contributed by atoms with E-state index in [1.807, 2.05) is 31.2 Å². The largest absolute Gasteiger partial charge is 0.534 e. The zero-order valence-electron chi connectivity index (χ0n) is 11.4. The Kier molecular flexibility index (Phi) is 6.51. The highest BCUT2D eigenvalue weighted by molar-refractivity contribution is 7.87. The number of benzene rings is 1. The maximum atomic E-state index is 12.3. The first-order valence-electron chi connectivity index (χ1n) is 6.06. The van der Waals surface area contributed by atoms with Gasteiger partial charge in [-0.05, 0) is 19.4 Å². The summed E-state index contributed by atoms with van der Waals surface area (Å²) in [4.78, 5) is 0. The van der Waals surface area contributed by atoms with Crippen molar-refractivity contribution in [2.45, 2.75) is 32.2 Å². The molecule has 1 rings (SSSR count). The maximum absolute atomic E-state index is 12.3. The smallest absolute Gasteiger partial charge is 0.376 e. The highest BCUT2D eigenvalue weighted by Crippen LogP contribution is 2.27. The summed E-state index contributed by atoms with van der Waals surface area (Å²) in [5, 5.41) is 0. The third-order valence-corrected chi connectivity index (χ3v) is 6.25. The van der Waals surface area contributed by atoms with Crippen LogP contribution in [-0.4, -0.2) is 13.9 Å². The summed E-state index contributed by atoms with van der Waals surface area (Å²) in [6.45, 7) is 3.64. The lowest BCUT2D eigenvalue weighted by molar-refractivity contribution is -0.559. The van der Waals surface area contributed by atoms with Gasteiger partial charge in [-0.2, -0.15) is 21.6 Å². The van der Waals surface area contributed by atoms with Crippen LogP contribution in [0.3, 0.4) is 0 Å². The summed E-state index contributed by atoms with van der Waals surface area (Å²) in [6.07, 6.45) is 0.650. The van der Waals surface area contributed by atoms with Gasteiger partial charge in [-0.15, -0.1) is 0 Å². The van der Waals surface area contributed by atoms with Crippen LogP contribution >= 0.6 is 0 Å². The zero-order chi connectivity index (χ0) is 16.1. The second-order valence-corrected chi connectivity index (χ2v) is 8.11. The molecule has 0 saturated carbocycles. The predicted octanol–water partition coefficient (Wildman–Crippen LogP) is 0.761. The average molecular weight is 435 g/mol. The molecule has 0 aromatic heterocycles. The van der Waals surface area contributed by atoms with Crippen molar-refractivity contribution in [3.8, 4) is 0 Å². The molecule has 0 bridgehead atoms. The van der Waals surface area contributed by atoms with E-state index in [2.05, 4.69) is 4.18 Å². The molecule has 0 radical (unpaired) electrons. The summed E-state index contributed by atoms with van der Waals surface area (Å²) in [5.41, 5.74) is -4.38. The second kappa shape index (κ2) is 7.48. The van der Waals surface area contributed by atoms with E-state index in [1.54, 1.807) is 6.92 Å². The molecule has 0 aliphatic carbocycles. The molecule has 0 heterocycles. The summed E-state index contributed by atoms with van der Waals surface area (Å²) >= 11 is -0.758. The van der Waals surface area contributed by atoms with Gasteiger partial charge in [0.1, 0.15) is 0 Å². The summed E-state index contributed by atoms with van der Waals surface area (Å²) in [5.74, 6) is -0.133. The Labute approximate surface area is 132 Å². The maximum Gasteiger partial charge on any atom is 0.534 e. The second-order valence-electron chi connectivity index (χ2n) is 4.17. The normalized spacial score (nSPS) is 13.3. The monoisotopic (exact) mass is 435 g/mol. The van der Waals surface area contributed by atoms with Crippen LogP contribution in [0.5, 0.6) is 0 Å². The van der Waals surface area contributed by atoms with Gasteiger partial charge in [0.25, 0.3) is 0 Å². The summed E-state index contributed by atoms with van der Waals surface area (Å²) in [6, 6.07) is 7.48. The van der Waals surface area contributed by atoms with Gasteiger partial charge in [0.2, 0.25) is 0 Å². The Morgan fingerprint density at radius 1 is 1.33 bits per heavy atom. The molecule has 0 fully saturated rings. The molecule has 8 heteroatoms. The molecule has 0 N–H and O–H groups in total. The first-order valence-corrected chi connectivity index (χ1v) is 9.79. The lowest BCUT2D eigenvalue weighted by Gasteiger charge is -2.09. The summed E-state index contributed by atoms with van der Waals surface area (Å²) < 4.78 is 65.8. The SMILES string of the molecule is CCC/C(=C\[I+]c1ccccc1C)OS(=O)(=O)C(F)(F)F. The van der Waals surface area contributed by atoms with Gasteiger partial charge in [-0.25, -0.2) is 0 Å². The molecule has 21 heavy (non-hydrogen) atoms. The molecule has 118 valence electrons. The van der Waals surface area contributed by atoms with Gasteiger partial charge in [0.05, 0.1) is 0 Å². The molecule has 0 spiro atoms. The van der Waals surface area contributed by atoms with Crippen LogP contribution in [0, 0.1) is 10.5 Å². The Balaban J connectivity index is 2.92. The minimum absolute atomic E-state index is 0.133. The molecular weight excluding hydrogens is 420 g/mol. The van der Waals surface area contributed by atoms with E-state index in [-0.39, 0.29) is 12.2 Å². The van der Waals surface area contributed by atoms with E-state index in [1.165, 1.54) is 4.08 Å². The third-order valence-electron chi connectivity index (χ3n) is 2.37. The Morgan fingerprint density at radius 3 is 2.48 bits per heavy atom. The molecule has 1 aromatic rings. The quantitative estimate of drug-likeness (QED) is 0.287. The van der Waals surface area contributed by atoms with Gasteiger partial charge < -0.3 is 4.18 Å². The topological polar surface area (TPSA) is 43.4 Å². The van der Waals surface area contributed by atoms with Crippen molar-refractivity contribution < 1.29 is 47.0 Å². The van der Waals surface area contributed by atoms with Crippen molar-refractivity contribution >= 4 is 10.1 Å². The lowest BCUT2D eigenvalue weighted by atomic mass is 10.2. The van der Waals surface area contributed by atoms with Crippen LogP contribution in [0.4, 0.5) is 13.2 Å².